The minimum Gasteiger partial charge on any atom is -0.495 e. The largest absolute Gasteiger partial charge is 0.495 e. The summed E-state index contributed by atoms with van der Waals surface area (Å²) in [6.45, 7) is -1.38. The number of benzene rings is 2. The normalized spacial score (nSPS) is 12.1. The summed E-state index contributed by atoms with van der Waals surface area (Å²) < 4.78 is 69.9. The Balaban J connectivity index is 2.37. The van der Waals surface area contributed by atoms with Gasteiger partial charge >= 0.3 is 6.18 Å². The van der Waals surface area contributed by atoms with Crippen LogP contribution in [0.2, 0.25) is 0 Å². The summed E-state index contributed by atoms with van der Waals surface area (Å²) in [5.74, 6) is -0.966. The highest BCUT2D eigenvalue weighted by Gasteiger charge is 2.32. The van der Waals surface area contributed by atoms with Gasteiger partial charge in [0.25, 0.3) is 5.91 Å². The molecule has 6 nitrogen and oxygen atoms in total. The average molecular weight is 430 g/mol. The summed E-state index contributed by atoms with van der Waals surface area (Å²) in [7, 11) is -0.452. The topological polar surface area (TPSA) is 66.9 Å². The Morgan fingerprint density at radius 1 is 1.07 bits per heavy atom. The molecule has 0 aliphatic carbocycles. The monoisotopic (exact) mass is 430 g/mol. The number of carbonyl (C=O) groups excluding carboxylic acids is 1. The first-order valence-electron chi connectivity index (χ1n) is 8.46. The lowest BCUT2D eigenvalue weighted by molar-refractivity contribution is -0.138. The number of amides is 1. The second kappa shape index (κ2) is 8.83. The molecule has 0 unspecified atom stereocenters. The van der Waals surface area contributed by atoms with Crippen LogP contribution in [0.5, 0.6) is 5.75 Å². The Hall–Kier alpha value is -2.59. The van der Waals surface area contributed by atoms with Gasteiger partial charge in [-0.1, -0.05) is 30.3 Å². The van der Waals surface area contributed by atoms with Crippen molar-refractivity contribution in [3.8, 4) is 5.75 Å². The number of carbonyl (C=O) groups is 1. The molecule has 0 fully saturated rings. The van der Waals surface area contributed by atoms with Crippen LogP contribution in [0.25, 0.3) is 0 Å². The summed E-state index contributed by atoms with van der Waals surface area (Å²) in [5, 5.41) is 0. The Labute approximate surface area is 167 Å². The van der Waals surface area contributed by atoms with Crippen molar-refractivity contribution in [3.63, 3.8) is 0 Å². The predicted octanol–water partition coefficient (Wildman–Crippen LogP) is 3.15. The zero-order chi connectivity index (χ0) is 21.8. The lowest BCUT2D eigenvalue weighted by atomic mass is 10.2. The molecule has 2 aromatic carbocycles. The third-order valence-corrected chi connectivity index (χ3v) is 5.93. The molecule has 0 atom stereocenters. The van der Waals surface area contributed by atoms with Crippen molar-refractivity contribution in [3.05, 3.63) is 59.7 Å². The quantitative estimate of drug-likeness (QED) is 0.677. The lowest BCUT2D eigenvalue weighted by Gasteiger charge is -2.21. The Kier molecular flexibility index (Phi) is 6.91. The first-order chi connectivity index (χ1) is 13.5. The molecule has 0 spiro atoms. The van der Waals surface area contributed by atoms with Crippen molar-refractivity contribution in [2.45, 2.75) is 17.6 Å². The van der Waals surface area contributed by atoms with E-state index in [1.54, 1.807) is 30.3 Å². The van der Waals surface area contributed by atoms with Gasteiger partial charge in [0.2, 0.25) is 10.0 Å². The standard InChI is InChI=1S/C19H21F3N2O4S/c1-23(13-19(20,21)22)18(25)15-9-10-16(28-3)17(11-15)29(26,27)24(2)12-14-7-5-4-6-8-14/h4-11H,12-13H2,1-3H3. The molecule has 0 saturated carbocycles. The van der Waals surface area contributed by atoms with Crippen molar-refractivity contribution >= 4 is 15.9 Å². The number of hydrogen-bond donors (Lipinski definition) is 0. The van der Waals surface area contributed by atoms with Crippen molar-refractivity contribution in [1.82, 2.24) is 9.21 Å². The van der Waals surface area contributed by atoms with Crippen LogP contribution >= 0.6 is 0 Å². The molecule has 0 aliphatic heterocycles. The van der Waals surface area contributed by atoms with Gasteiger partial charge in [0.05, 0.1) is 7.11 Å². The van der Waals surface area contributed by atoms with Crippen LogP contribution in [0.15, 0.2) is 53.4 Å². The van der Waals surface area contributed by atoms with Crippen molar-refractivity contribution < 1.29 is 31.1 Å². The Morgan fingerprint density at radius 3 is 2.24 bits per heavy atom. The maximum atomic E-state index is 13.0. The highest BCUT2D eigenvalue weighted by molar-refractivity contribution is 7.89. The van der Waals surface area contributed by atoms with E-state index in [9.17, 15) is 26.4 Å². The molecule has 1 amide bonds. The second-order valence-electron chi connectivity index (χ2n) is 6.39. The van der Waals surface area contributed by atoms with E-state index in [0.717, 1.165) is 23.0 Å². The van der Waals surface area contributed by atoms with Gasteiger partial charge in [-0.3, -0.25) is 4.79 Å². The van der Waals surface area contributed by atoms with E-state index in [2.05, 4.69) is 0 Å². The first-order valence-corrected chi connectivity index (χ1v) is 9.90. The molecule has 10 heteroatoms. The van der Waals surface area contributed by atoms with E-state index in [4.69, 9.17) is 4.74 Å². The summed E-state index contributed by atoms with van der Waals surface area (Å²) in [6, 6.07) is 12.4. The summed E-state index contributed by atoms with van der Waals surface area (Å²) in [5.41, 5.74) is 0.555. The average Bonchev–Trinajstić information content (AvgIpc) is 2.66. The predicted molar refractivity (Wildman–Crippen MR) is 101 cm³/mol. The van der Waals surface area contributed by atoms with Gasteiger partial charge < -0.3 is 9.64 Å². The summed E-state index contributed by atoms with van der Waals surface area (Å²) in [4.78, 5) is 12.5. The van der Waals surface area contributed by atoms with Gasteiger partial charge in [0, 0.05) is 26.2 Å². The summed E-state index contributed by atoms with van der Waals surface area (Å²) >= 11 is 0. The van der Waals surface area contributed by atoms with Gasteiger partial charge in [-0.05, 0) is 23.8 Å². The molecule has 158 valence electrons. The summed E-state index contributed by atoms with van der Waals surface area (Å²) in [6.07, 6.45) is -4.57. The molecule has 0 aliphatic rings. The van der Waals surface area contributed by atoms with E-state index < -0.39 is 28.7 Å². The van der Waals surface area contributed by atoms with Crippen LogP contribution in [0, 0.1) is 0 Å². The van der Waals surface area contributed by atoms with Crippen LogP contribution in [0.3, 0.4) is 0 Å². The number of sulfonamides is 1. The van der Waals surface area contributed by atoms with Gasteiger partial charge in [-0.2, -0.15) is 17.5 Å². The SMILES string of the molecule is COc1ccc(C(=O)N(C)CC(F)(F)F)cc1S(=O)(=O)N(C)Cc1ccccc1. The van der Waals surface area contributed by atoms with Gasteiger partial charge in [0.1, 0.15) is 17.2 Å². The van der Waals surface area contributed by atoms with Gasteiger partial charge in [-0.15, -0.1) is 0 Å². The van der Waals surface area contributed by atoms with E-state index in [-0.39, 0.29) is 22.8 Å². The first kappa shape index (κ1) is 22.7. The minimum absolute atomic E-state index is 0.0139. The number of methoxy groups -OCH3 is 1. The number of nitrogens with zero attached hydrogens (tertiary/aromatic N) is 2. The molecule has 0 radical (unpaired) electrons. The fourth-order valence-corrected chi connectivity index (χ4v) is 4.00. The number of hydrogen-bond acceptors (Lipinski definition) is 4. The Bertz CT molecular complexity index is 963. The molecule has 2 aromatic rings. The third-order valence-electron chi connectivity index (χ3n) is 4.11. The highest BCUT2D eigenvalue weighted by atomic mass is 32.2. The zero-order valence-electron chi connectivity index (χ0n) is 16.1. The fourth-order valence-electron chi connectivity index (χ4n) is 2.67. The molecule has 0 saturated heterocycles. The van der Waals surface area contributed by atoms with E-state index in [1.165, 1.54) is 26.3 Å². The zero-order valence-corrected chi connectivity index (χ0v) is 16.9. The van der Waals surface area contributed by atoms with Crippen molar-refractivity contribution in [2.75, 3.05) is 27.7 Å². The Morgan fingerprint density at radius 2 is 1.69 bits per heavy atom. The van der Waals surface area contributed by atoms with Crippen LogP contribution in [-0.2, 0) is 16.6 Å². The molecule has 29 heavy (non-hydrogen) atoms. The minimum atomic E-state index is -4.57. The van der Waals surface area contributed by atoms with E-state index >= 15 is 0 Å². The van der Waals surface area contributed by atoms with Crippen molar-refractivity contribution in [2.24, 2.45) is 0 Å². The second-order valence-corrected chi connectivity index (χ2v) is 8.40. The maximum absolute atomic E-state index is 13.0. The van der Waals surface area contributed by atoms with Crippen LogP contribution in [0.1, 0.15) is 15.9 Å². The van der Waals surface area contributed by atoms with E-state index in [1.807, 2.05) is 0 Å². The molecule has 0 heterocycles. The van der Waals surface area contributed by atoms with Gasteiger partial charge in [-0.25, -0.2) is 8.42 Å². The maximum Gasteiger partial charge on any atom is 0.406 e. The van der Waals surface area contributed by atoms with Crippen LogP contribution < -0.4 is 4.74 Å². The smallest absolute Gasteiger partial charge is 0.406 e. The van der Waals surface area contributed by atoms with Gasteiger partial charge in [0.15, 0.2) is 0 Å². The molecule has 0 aromatic heterocycles. The number of rotatable bonds is 7. The number of halogens is 3. The van der Waals surface area contributed by atoms with Crippen LogP contribution in [-0.4, -0.2) is 57.5 Å². The lowest BCUT2D eigenvalue weighted by Crippen LogP contribution is -2.36. The molecule has 0 N–H and O–H groups in total. The molecule has 2 rings (SSSR count). The molecule has 0 bridgehead atoms. The molecular formula is C19H21F3N2O4S. The van der Waals surface area contributed by atoms with Crippen LogP contribution in [0.4, 0.5) is 13.2 Å². The third kappa shape index (κ3) is 5.70. The number of ether oxygens (including phenoxy) is 1. The van der Waals surface area contributed by atoms with E-state index in [0.29, 0.717) is 4.90 Å². The highest BCUT2D eigenvalue weighted by Crippen LogP contribution is 2.29. The number of alkyl halides is 3. The fraction of sp³-hybridized carbons (Fsp3) is 0.316. The molecular weight excluding hydrogens is 409 g/mol. The van der Waals surface area contributed by atoms with Crippen molar-refractivity contribution in [1.29, 1.82) is 0 Å².